The lowest BCUT2D eigenvalue weighted by atomic mass is 9.79. The van der Waals surface area contributed by atoms with Gasteiger partial charge in [0.05, 0.1) is 5.39 Å². The van der Waals surface area contributed by atoms with Crippen LogP contribution in [-0.2, 0) is 0 Å². The van der Waals surface area contributed by atoms with Gasteiger partial charge >= 0.3 is 7.12 Å². The van der Waals surface area contributed by atoms with Gasteiger partial charge in [-0.2, -0.15) is 0 Å². The van der Waals surface area contributed by atoms with Crippen molar-refractivity contribution in [1.29, 1.82) is 0 Å². The second-order valence-corrected chi connectivity index (χ2v) is 3.26. The molecule has 0 aliphatic rings. The molecule has 1 heterocycles. The SMILES string of the molecule is O=c1[nH]cc(F)c2cc(B(O)O)cc(F)c12. The summed E-state index contributed by atoms with van der Waals surface area (Å²) >= 11 is 0. The Morgan fingerprint density at radius 3 is 2.50 bits per heavy atom. The lowest BCUT2D eigenvalue weighted by Crippen LogP contribution is -2.30. The third kappa shape index (κ3) is 1.60. The Kier molecular flexibility index (Phi) is 2.49. The van der Waals surface area contributed by atoms with E-state index in [-0.39, 0.29) is 10.8 Å². The molecule has 2 aromatic rings. The maximum Gasteiger partial charge on any atom is 0.488 e. The molecule has 3 N–H and O–H groups in total. The fraction of sp³-hybridized carbons (Fsp3) is 0. The van der Waals surface area contributed by atoms with Gasteiger partial charge in [-0.05, 0) is 11.5 Å². The van der Waals surface area contributed by atoms with Gasteiger partial charge in [0.15, 0.2) is 0 Å². The van der Waals surface area contributed by atoms with Gasteiger partial charge in [0.25, 0.3) is 5.56 Å². The van der Waals surface area contributed by atoms with Gasteiger partial charge in [0, 0.05) is 11.6 Å². The molecule has 1 aromatic heterocycles. The molecule has 0 aliphatic heterocycles. The molecular formula is C9H6BF2NO3. The molecule has 0 amide bonds. The number of hydrogen-bond donors (Lipinski definition) is 3. The summed E-state index contributed by atoms with van der Waals surface area (Å²) in [6.45, 7) is 0. The molecule has 2 rings (SSSR count). The quantitative estimate of drug-likeness (QED) is 0.572. The van der Waals surface area contributed by atoms with E-state index in [0.29, 0.717) is 0 Å². The van der Waals surface area contributed by atoms with Gasteiger partial charge in [0.1, 0.15) is 11.6 Å². The standard InChI is InChI=1S/C9H6BF2NO3/c11-6-2-4(10(15)16)1-5-7(12)3-13-9(14)8(5)6/h1-3,15-16H,(H,13,14). The lowest BCUT2D eigenvalue weighted by Gasteiger charge is -2.04. The van der Waals surface area contributed by atoms with Crippen LogP contribution in [0.5, 0.6) is 0 Å². The summed E-state index contributed by atoms with van der Waals surface area (Å²) in [7, 11) is -1.92. The van der Waals surface area contributed by atoms with Crippen molar-refractivity contribution in [2.75, 3.05) is 0 Å². The Bertz CT molecular complexity index is 611. The zero-order valence-electron chi connectivity index (χ0n) is 7.87. The van der Waals surface area contributed by atoms with Gasteiger partial charge in [-0.1, -0.05) is 6.07 Å². The molecule has 4 nitrogen and oxygen atoms in total. The first-order valence-corrected chi connectivity index (χ1v) is 4.37. The molecule has 16 heavy (non-hydrogen) atoms. The fourth-order valence-electron chi connectivity index (χ4n) is 1.47. The molecule has 0 saturated heterocycles. The first kappa shape index (κ1) is 10.8. The highest BCUT2D eigenvalue weighted by Crippen LogP contribution is 2.15. The van der Waals surface area contributed by atoms with E-state index < -0.39 is 29.7 Å². The Labute approximate surface area is 88.3 Å². The Balaban J connectivity index is 2.92. The second kappa shape index (κ2) is 3.69. The number of pyridine rings is 1. The van der Waals surface area contributed by atoms with Crippen molar-refractivity contribution < 1.29 is 18.8 Å². The molecule has 0 spiro atoms. The number of fused-ring (bicyclic) bond motifs is 1. The topological polar surface area (TPSA) is 73.3 Å². The van der Waals surface area contributed by atoms with Crippen LogP contribution >= 0.6 is 0 Å². The van der Waals surface area contributed by atoms with Gasteiger partial charge < -0.3 is 15.0 Å². The smallest absolute Gasteiger partial charge is 0.423 e. The van der Waals surface area contributed by atoms with E-state index >= 15 is 0 Å². The number of aromatic nitrogens is 1. The molecule has 0 unspecified atom stereocenters. The van der Waals surface area contributed by atoms with Crippen LogP contribution in [0.3, 0.4) is 0 Å². The van der Waals surface area contributed by atoms with Gasteiger partial charge in [-0.3, -0.25) is 4.79 Å². The van der Waals surface area contributed by atoms with E-state index in [4.69, 9.17) is 10.0 Å². The van der Waals surface area contributed by atoms with Gasteiger partial charge in [0.2, 0.25) is 0 Å². The van der Waals surface area contributed by atoms with Crippen molar-refractivity contribution in [2.45, 2.75) is 0 Å². The average Bonchev–Trinajstić information content (AvgIpc) is 2.22. The van der Waals surface area contributed by atoms with Crippen LogP contribution in [0.4, 0.5) is 8.78 Å². The minimum absolute atomic E-state index is 0.213. The van der Waals surface area contributed by atoms with Crippen molar-refractivity contribution in [3.05, 3.63) is 40.3 Å². The van der Waals surface area contributed by atoms with Crippen LogP contribution in [-0.4, -0.2) is 22.2 Å². The van der Waals surface area contributed by atoms with E-state index in [2.05, 4.69) is 0 Å². The molecule has 82 valence electrons. The van der Waals surface area contributed by atoms with Crippen molar-refractivity contribution in [1.82, 2.24) is 4.98 Å². The number of halogens is 2. The van der Waals surface area contributed by atoms with Crippen LogP contribution in [0.25, 0.3) is 10.8 Å². The first-order valence-electron chi connectivity index (χ1n) is 4.37. The highest BCUT2D eigenvalue weighted by Gasteiger charge is 2.17. The highest BCUT2D eigenvalue weighted by molar-refractivity contribution is 6.58. The molecular weight excluding hydrogens is 219 g/mol. The summed E-state index contributed by atoms with van der Waals surface area (Å²) in [6, 6.07) is 1.80. The maximum atomic E-state index is 13.4. The minimum Gasteiger partial charge on any atom is -0.423 e. The van der Waals surface area contributed by atoms with Crippen LogP contribution in [0.15, 0.2) is 23.1 Å². The number of rotatable bonds is 1. The number of hydrogen-bond acceptors (Lipinski definition) is 3. The van der Waals surface area contributed by atoms with E-state index in [0.717, 1.165) is 18.3 Å². The van der Waals surface area contributed by atoms with Crippen molar-refractivity contribution >= 4 is 23.4 Å². The number of nitrogens with one attached hydrogen (secondary N) is 1. The Morgan fingerprint density at radius 2 is 1.88 bits per heavy atom. The summed E-state index contributed by atoms with van der Waals surface area (Å²) in [5, 5.41) is 17.0. The molecule has 1 aromatic carbocycles. The highest BCUT2D eigenvalue weighted by atomic mass is 19.1. The average molecular weight is 225 g/mol. The summed E-state index contributed by atoms with van der Waals surface area (Å²) in [5.41, 5.74) is -0.984. The van der Waals surface area contributed by atoms with Crippen LogP contribution in [0.2, 0.25) is 0 Å². The van der Waals surface area contributed by atoms with E-state index in [1.165, 1.54) is 0 Å². The van der Waals surface area contributed by atoms with Crippen molar-refractivity contribution in [2.24, 2.45) is 0 Å². The van der Waals surface area contributed by atoms with E-state index in [1.807, 2.05) is 4.98 Å². The van der Waals surface area contributed by atoms with Crippen molar-refractivity contribution in [3.8, 4) is 0 Å². The summed E-state index contributed by atoms with van der Waals surface area (Å²) in [5.74, 6) is -1.84. The maximum absolute atomic E-state index is 13.4. The predicted molar refractivity (Wildman–Crippen MR) is 54.3 cm³/mol. The third-order valence-electron chi connectivity index (χ3n) is 2.23. The van der Waals surface area contributed by atoms with E-state index in [1.54, 1.807) is 0 Å². The molecule has 7 heteroatoms. The lowest BCUT2D eigenvalue weighted by molar-refractivity contribution is 0.425. The van der Waals surface area contributed by atoms with Crippen LogP contribution < -0.4 is 11.0 Å². The van der Waals surface area contributed by atoms with Gasteiger partial charge in [-0.25, -0.2) is 8.78 Å². The zero-order chi connectivity index (χ0) is 11.9. The predicted octanol–water partition coefficient (Wildman–Crippen LogP) is -0.514. The molecule has 0 saturated carbocycles. The summed E-state index contributed by atoms with van der Waals surface area (Å²) < 4.78 is 26.7. The zero-order valence-corrected chi connectivity index (χ0v) is 7.87. The molecule has 0 fully saturated rings. The monoisotopic (exact) mass is 225 g/mol. The van der Waals surface area contributed by atoms with Crippen LogP contribution in [0, 0.1) is 11.6 Å². The number of benzene rings is 1. The first-order chi connectivity index (χ1) is 7.50. The number of H-pyrrole nitrogens is 1. The molecule has 0 radical (unpaired) electrons. The molecule has 0 aliphatic carbocycles. The fourth-order valence-corrected chi connectivity index (χ4v) is 1.47. The van der Waals surface area contributed by atoms with Crippen LogP contribution in [0.1, 0.15) is 0 Å². The Hall–Kier alpha value is -1.73. The summed E-state index contributed by atoms with van der Waals surface area (Å²) in [4.78, 5) is 13.3. The third-order valence-corrected chi connectivity index (χ3v) is 2.23. The van der Waals surface area contributed by atoms with Crippen molar-refractivity contribution in [3.63, 3.8) is 0 Å². The van der Waals surface area contributed by atoms with E-state index in [9.17, 15) is 13.6 Å². The summed E-state index contributed by atoms with van der Waals surface area (Å²) in [6.07, 6.45) is 0.789. The number of aromatic amines is 1. The molecule has 0 atom stereocenters. The minimum atomic E-state index is -1.92. The Morgan fingerprint density at radius 1 is 1.19 bits per heavy atom. The normalized spacial score (nSPS) is 10.8. The van der Waals surface area contributed by atoms with Gasteiger partial charge in [-0.15, -0.1) is 0 Å². The molecule has 0 bridgehead atoms. The second-order valence-electron chi connectivity index (χ2n) is 3.26. The largest absolute Gasteiger partial charge is 0.488 e.